The molecule has 4 rings (SSSR count). The minimum atomic E-state index is -4.71. The lowest BCUT2D eigenvalue weighted by molar-refractivity contribution is -0.189. The molecule has 1 aliphatic rings. The molecular weight excluding hydrogens is 456 g/mol. The van der Waals surface area contributed by atoms with Gasteiger partial charge >= 0.3 is 6.18 Å². The van der Waals surface area contributed by atoms with Crippen LogP contribution in [0.2, 0.25) is 0 Å². The van der Waals surface area contributed by atoms with Crippen LogP contribution in [-0.4, -0.2) is 38.5 Å². The predicted molar refractivity (Wildman–Crippen MR) is 115 cm³/mol. The highest BCUT2D eigenvalue weighted by molar-refractivity contribution is 6.07. The van der Waals surface area contributed by atoms with Gasteiger partial charge in [-0.3, -0.25) is 9.89 Å². The van der Waals surface area contributed by atoms with E-state index in [2.05, 4.69) is 20.5 Å². The summed E-state index contributed by atoms with van der Waals surface area (Å²) in [6.07, 6.45) is -3.69. The molecule has 0 radical (unpaired) electrons. The molecular formula is C23H22F4N4O3. The topological polar surface area (TPSA) is 100 Å². The summed E-state index contributed by atoms with van der Waals surface area (Å²) in [7, 11) is 0. The van der Waals surface area contributed by atoms with E-state index >= 15 is 4.39 Å². The van der Waals surface area contributed by atoms with E-state index in [-0.39, 0.29) is 22.9 Å². The second-order valence-corrected chi connectivity index (χ2v) is 8.16. The summed E-state index contributed by atoms with van der Waals surface area (Å²) in [5.41, 5.74) is 1.47. The molecule has 0 saturated heterocycles. The lowest BCUT2D eigenvalue weighted by Gasteiger charge is -2.20. The van der Waals surface area contributed by atoms with Gasteiger partial charge < -0.3 is 15.2 Å². The molecule has 0 aliphatic heterocycles. The molecule has 1 aromatic carbocycles. The van der Waals surface area contributed by atoms with Gasteiger partial charge in [-0.1, -0.05) is 6.07 Å². The molecule has 1 amide bonds. The van der Waals surface area contributed by atoms with Crippen molar-refractivity contribution in [2.45, 2.75) is 51.5 Å². The van der Waals surface area contributed by atoms with E-state index < -0.39 is 41.9 Å². The third-order valence-electron chi connectivity index (χ3n) is 5.59. The molecule has 1 fully saturated rings. The Morgan fingerprint density at radius 2 is 2.06 bits per heavy atom. The van der Waals surface area contributed by atoms with Gasteiger partial charge in [0.1, 0.15) is 11.6 Å². The number of aliphatic hydroxyl groups excluding tert-OH is 1. The third kappa shape index (κ3) is 4.89. The Kier molecular flexibility index (Phi) is 6.30. The van der Waals surface area contributed by atoms with Crippen LogP contribution in [0, 0.1) is 12.7 Å². The van der Waals surface area contributed by atoms with E-state index in [4.69, 9.17) is 4.74 Å². The van der Waals surface area contributed by atoms with Gasteiger partial charge in [0.15, 0.2) is 6.10 Å². The highest BCUT2D eigenvalue weighted by atomic mass is 19.4. The Hall–Kier alpha value is -3.47. The average Bonchev–Trinajstić information content (AvgIpc) is 3.53. The van der Waals surface area contributed by atoms with Crippen molar-refractivity contribution in [2.75, 3.05) is 5.32 Å². The fraction of sp³-hybridized carbons (Fsp3) is 0.348. The molecule has 7 nitrogen and oxygen atoms in total. The van der Waals surface area contributed by atoms with Gasteiger partial charge in [-0.15, -0.1) is 0 Å². The summed E-state index contributed by atoms with van der Waals surface area (Å²) < 4.78 is 59.8. The molecule has 1 atom stereocenters. The number of rotatable bonds is 7. The van der Waals surface area contributed by atoms with Crippen LogP contribution >= 0.6 is 0 Å². The van der Waals surface area contributed by atoms with E-state index in [0.717, 1.165) is 31.9 Å². The van der Waals surface area contributed by atoms with Crippen molar-refractivity contribution in [3.63, 3.8) is 0 Å². The van der Waals surface area contributed by atoms with Crippen molar-refractivity contribution in [2.24, 2.45) is 0 Å². The zero-order valence-electron chi connectivity index (χ0n) is 18.3. The summed E-state index contributed by atoms with van der Waals surface area (Å²) in [6.45, 7) is 2.10. The first kappa shape index (κ1) is 23.7. The lowest BCUT2D eigenvalue weighted by atomic mass is 10.0. The number of hydrogen-bond donors (Lipinski definition) is 3. The first-order valence-corrected chi connectivity index (χ1v) is 10.6. The van der Waals surface area contributed by atoms with Crippen LogP contribution in [0.3, 0.4) is 0 Å². The maximum absolute atomic E-state index is 15.1. The number of alkyl halides is 3. The first-order chi connectivity index (χ1) is 16.1. The highest BCUT2D eigenvalue weighted by Crippen LogP contribution is 2.42. The molecule has 3 aromatic rings. The Labute approximate surface area is 192 Å². The Bertz CT molecular complexity index is 1220. The smallest absolute Gasteiger partial charge is 0.425 e. The van der Waals surface area contributed by atoms with Gasteiger partial charge in [-0.25, -0.2) is 9.37 Å². The number of carbonyl (C=O) groups excluding carboxylic acids is 1. The van der Waals surface area contributed by atoms with E-state index in [9.17, 15) is 23.1 Å². The van der Waals surface area contributed by atoms with Crippen molar-refractivity contribution in [3.05, 3.63) is 58.8 Å². The number of ether oxygens (including phenoxy) is 1. The number of aromatic nitrogens is 3. The van der Waals surface area contributed by atoms with Crippen molar-refractivity contribution in [1.29, 1.82) is 0 Å². The van der Waals surface area contributed by atoms with Gasteiger partial charge in [0, 0.05) is 17.7 Å². The predicted octanol–water partition coefficient (Wildman–Crippen LogP) is 4.87. The zero-order valence-corrected chi connectivity index (χ0v) is 18.3. The summed E-state index contributed by atoms with van der Waals surface area (Å²) in [4.78, 5) is 17.2. The summed E-state index contributed by atoms with van der Waals surface area (Å²) in [6, 6.07) is 4.91. The maximum atomic E-state index is 15.1. The number of halogens is 4. The molecule has 0 unspecified atom stereocenters. The van der Waals surface area contributed by atoms with Crippen LogP contribution in [0.4, 0.5) is 23.2 Å². The Balaban J connectivity index is 1.74. The zero-order chi connectivity index (χ0) is 24.6. The molecule has 34 heavy (non-hydrogen) atoms. The SMILES string of the molecule is Cc1ccc(-c2cc(O[C@@H](C)C(F)(F)F)c(C(=O)Nc3c[nH]nc3C3CC3)cc2F)nc1CO. The van der Waals surface area contributed by atoms with Gasteiger partial charge in [-0.2, -0.15) is 18.3 Å². The minimum Gasteiger partial charge on any atom is -0.480 e. The number of aliphatic hydroxyl groups is 1. The van der Waals surface area contributed by atoms with Crippen LogP contribution in [0.1, 0.15) is 53.0 Å². The van der Waals surface area contributed by atoms with Crippen LogP contribution < -0.4 is 10.1 Å². The maximum Gasteiger partial charge on any atom is 0.425 e. The molecule has 3 N–H and O–H groups in total. The fourth-order valence-electron chi connectivity index (χ4n) is 3.42. The number of amides is 1. The van der Waals surface area contributed by atoms with Crippen molar-refractivity contribution in [1.82, 2.24) is 15.2 Å². The fourth-order valence-corrected chi connectivity index (χ4v) is 3.42. The summed E-state index contributed by atoms with van der Waals surface area (Å²) >= 11 is 0. The van der Waals surface area contributed by atoms with E-state index in [0.29, 0.717) is 16.9 Å². The largest absolute Gasteiger partial charge is 0.480 e. The van der Waals surface area contributed by atoms with Gasteiger partial charge in [0.25, 0.3) is 5.91 Å². The molecule has 2 aromatic heterocycles. The molecule has 1 aliphatic carbocycles. The van der Waals surface area contributed by atoms with Crippen molar-refractivity contribution in [3.8, 4) is 17.0 Å². The van der Waals surface area contributed by atoms with E-state index in [1.165, 1.54) is 12.3 Å². The van der Waals surface area contributed by atoms with Crippen molar-refractivity contribution < 1.29 is 32.2 Å². The van der Waals surface area contributed by atoms with Gasteiger partial charge in [0.05, 0.1) is 34.9 Å². The minimum absolute atomic E-state index is 0.0782. The normalized spacial score (nSPS) is 14.7. The third-order valence-corrected chi connectivity index (χ3v) is 5.59. The second-order valence-electron chi connectivity index (χ2n) is 8.16. The first-order valence-electron chi connectivity index (χ1n) is 10.6. The highest BCUT2D eigenvalue weighted by Gasteiger charge is 2.39. The number of aromatic amines is 1. The Morgan fingerprint density at radius 3 is 2.71 bits per heavy atom. The number of anilines is 1. The van der Waals surface area contributed by atoms with Crippen molar-refractivity contribution >= 4 is 11.6 Å². The standard InChI is InChI=1S/C23H22F4N4O3/c1-11-3-6-17(29-19(11)10-32)14-8-20(34-12(2)23(25,26)27)15(7-16(14)24)22(33)30-18-9-28-31-21(18)13-4-5-13/h3,6-9,12-13,32H,4-5,10H2,1-2H3,(H,28,31)(H,30,33)/t12-/m0/s1. The van der Waals surface area contributed by atoms with Crippen LogP contribution in [0.5, 0.6) is 5.75 Å². The van der Waals surface area contributed by atoms with Gasteiger partial charge in [-0.05, 0) is 50.5 Å². The summed E-state index contributed by atoms with van der Waals surface area (Å²) in [5.74, 6) is -1.99. The van der Waals surface area contributed by atoms with Crippen LogP contribution in [-0.2, 0) is 6.61 Å². The number of pyridine rings is 1. The summed E-state index contributed by atoms with van der Waals surface area (Å²) in [5, 5.41) is 18.8. The lowest BCUT2D eigenvalue weighted by Crippen LogP contribution is -2.32. The van der Waals surface area contributed by atoms with Crippen LogP contribution in [0.25, 0.3) is 11.3 Å². The molecule has 0 spiro atoms. The number of nitrogens with zero attached hydrogens (tertiary/aromatic N) is 2. The Morgan fingerprint density at radius 1 is 1.32 bits per heavy atom. The molecule has 2 heterocycles. The van der Waals surface area contributed by atoms with E-state index in [1.54, 1.807) is 13.0 Å². The molecule has 0 bridgehead atoms. The second kappa shape index (κ2) is 9.05. The number of aryl methyl sites for hydroxylation is 1. The number of carbonyl (C=O) groups is 1. The number of H-pyrrole nitrogens is 1. The molecule has 180 valence electrons. The monoisotopic (exact) mass is 478 g/mol. The molecule has 11 heteroatoms. The quantitative estimate of drug-likeness (QED) is 0.421. The van der Waals surface area contributed by atoms with E-state index in [1.807, 2.05) is 0 Å². The number of hydrogen-bond acceptors (Lipinski definition) is 5. The van der Waals surface area contributed by atoms with Gasteiger partial charge in [0.2, 0.25) is 0 Å². The van der Waals surface area contributed by atoms with Crippen LogP contribution in [0.15, 0.2) is 30.5 Å². The number of nitrogens with one attached hydrogen (secondary N) is 2. The average molecular weight is 478 g/mol. The number of benzene rings is 1. The molecule has 1 saturated carbocycles.